The molecule has 22 heavy (non-hydrogen) atoms. The second kappa shape index (κ2) is 5.28. The summed E-state index contributed by atoms with van der Waals surface area (Å²) >= 11 is 1.57. The summed E-state index contributed by atoms with van der Waals surface area (Å²) < 4.78 is 38.2. The largest absolute Gasteiger partial charge is 0.435 e. The highest BCUT2D eigenvalue weighted by atomic mass is 32.1. The van der Waals surface area contributed by atoms with E-state index in [4.69, 9.17) is 5.73 Å². The zero-order valence-corrected chi connectivity index (χ0v) is 12.0. The number of nitrogen functional groups attached to an aromatic ring is 1. The molecule has 0 aliphatic heterocycles. The highest BCUT2D eigenvalue weighted by molar-refractivity contribution is 7.08. The van der Waals surface area contributed by atoms with Crippen LogP contribution in [0.25, 0.3) is 0 Å². The Morgan fingerprint density at radius 3 is 2.82 bits per heavy atom. The average molecular weight is 327 g/mol. The first-order valence-corrected chi connectivity index (χ1v) is 7.47. The summed E-state index contributed by atoms with van der Waals surface area (Å²) in [4.78, 5) is 15.3. The lowest BCUT2D eigenvalue weighted by Crippen LogP contribution is -2.28. The van der Waals surface area contributed by atoms with Gasteiger partial charge in [0, 0.05) is 18.2 Å². The number of aromatic nitrogens is 1. The molecule has 0 bridgehead atoms. The number of nitrogens with two attached hydrogens (primary N) is 1. The lowest BCUT2D eigenvalue weighted by atomic mass is 10.1. The molecule has 3 rings (SSSR count). The van der Waals surface area contributed by atoms with Crippen molar-refractivity contribution in [3.63, 3.8) is 0 Å². The third-order valence-corrected chi connectivity index (χ3v) is 4.28. The molecule has 1 aliphatic carbocycles. The van der Waals surface area contributed by atoms with Gasteiger partial charge in [-0.1, -0.05) is 0 Å². The van der Waals surface area contributed by atoms with Crippen LogP contribution in [0.1, 0.15) is 34.0 Å². The zero-order chi connectivity index (χ0) is 15.9. The van der Waals surface area contributed by atoms with Crippen LogP contribution in [-0.2, 0) is 6.18 Å². The lowest BCUT2D eigenvalue weighted by molar-refractivity contribution is -0.140. The molecule has 8 heteroatoms. The van der Waals surface area contributed by atoms with Gasteiger partial charge in [-0.2, -0.15) is 24.5 Å². The second-order valence-corrected chi connectivity index (χ2v) is 5.88. The third kappa shape index (κ3) is 2.78. The van der Waals surface area contributed by atoms with Crippen LogP contribution < -0.4 is 11.1 Å². The fourth-order valence-corrected chi connectivity index (χ4v) is 3.08. The van der Waals surface area contributed by atoms with Crippen molar-refractivity contribution in [2.75, 3.05) is 5.73 Å². The van der Waals surface area contributed by atoms with Crippen molar-refractivity contribution < 1.29 is 18.0 Å². The molecule has 2 heterocycles. The Bertz CT molecular complexity index is 700. The molecule has 2 atom stereocenters. The summed E-state index contributed by atoms with van der Waals surface area (Å²) in [5.41, 5.74) is 4.52. The Hall–Kier alpha value is -2.09. The van der Waals surface area contributed by atoms with Gasteiger partial charge in [0.15, 0.2) is 5.69 Å². The van der Waals surface area contributed by atoms with Gasteiger partial charge in [0.1, 0.15) is 0 Å². The fourth-order valence-electron chi connectivity index (χ4n) is 2.35. The number of hydrogen-bond acceptors (Lipinski definition) is 4. The molecule has 0 aromatic carbocycles. The van der Waals surface area contributed by atoms with Gasteiger partial charge in [-0.25, -0.2) is 4.98 Å². The minimum Gasteiger partial charge on any atom is -0.396 e. The maximum absolute atomic E-state index is 12.7. The van der Waals surface area contributed by atoms with Crippen LogP contribution in [0, 0.1) is 0 Å². The highest BCUT2D eigenvalue weighted by Crippen LogP contribution is 2.42. The summed E-state index contributed by atoms with van der Waals surface area (Å²) in [6, 6.07) is 3.11. The number of pyridine rings is 1. The topological polar surface area (TPSA) is 68.0 Å². The van der Waals surface area contributed by atoms with Crippen molar-refractivity contribution >= 4 is 22.9 Å². The third-order valence-electron chi connectivity index (χ3n) is 3.58. The van der Waals surface area contributed by atoms with E-state index in [1.807, 2.05) is 16.8 Å². The number of nitrogens with one attached hydrogen (secondary N) is 1. The van der Waals surface area contributed by atoms with Crippen LogP contribution in [-0.4, -0.2) is 16.9 Å². The Kier molecular flexibility index (Phi) is 3.56. The van der Waals surface area contributed by atoms with Crippen LogP contribution in [0.3, 0.4) is 0 Å². The van der Waals surface area contributed by atoms with Crippen molar-refractivity contribution in [1.29, 1.82) is 0 Å². The van der Waals surface area contributed by atoms with Crippen LogP contribution >= 0.6 is 11.3 Å². The molecule has 0 saturated heterocycles. The van der Waals surface area contributed by atoms with E-state index in [0.717, 1.165) is 18.2 Å². The number of carbonyl (C=O) groups is 1. The summed E-state index contributed by atoms with van der Waals surface area (Å²) in [5, 5.41) is 6.67. The molecule has 1 saturated carbocycles. The van der Waals surface area contributed by atoms with E-state index >= 15 is 0 Å². The van der Waals surface area contributed by atoms with Crippen molar-refractivity contribution in [1.82, 2.24) is 10.3 Å². The SMILES string of the molecule is Nc1c(C(=O)N[C@@H]2C[C@H]2c2ccsc2)ccnc1C(F)(F)F. The van der Waals surface area contributed by atoms with E-state index in [9.17, 15) is 18.0 Å². The Morgan fingerprint density at radius 1 is 1.41 bits per heavy atom. The number of hydrogen-bond donors (Lipinski definition) is 2. The molecule has 1 fully saturated rings. The van der Waals surface area contributed by atoms with E-state index in [1.165, 1.54) is 6.07 Å². The van der Waals surface area contributed by atoms with Crippen molar-refractivity contribution in [3.8, 4) is 0 Å². The monoisotopic (exact) mass is 327 g/mol. The Balaban J connectivity index is 1.74. The quantitative estimate of drug-likeness (QED) is 0.910. The van der Waals surface area contributed by atoms with Crippen molar-refractivity contribution in [2.24, 2.45) is 0 Å². The van der Waals surface area contributed by atoms with E-state index in [-0.39, 0.29) is 17.5 Å². The number of nitrogens with zero attached hydrogens (tertiary/aromatic N) is 1. The molecule has 0 spiro atoms. The molecular weight excluding hydrogens is 315 g/mol. The molecule has 4 nitrogen and oxygen atoms in total. The molecule has 1 amide bonds. The molecule has 0 radical (unpaired) electrons. The van der Waals surface area contributed by atoms with Crippen molar-refractivity contribution in [2.45, 2.75) is 24.6 Å². The predicted molar refractivity (Wildman–Crippen MR) is 76.6 cm³/mol. The van der Waals surface area contributed by atoms with Crippen LogP contribution in [0.2, 0.25) is 0 Å². The number of rotatable bonds is 3. The zero-order valence-electron chi connectivity index (χ0n) is 11.2. The first-order valence-electron chi connectivity index (χ1n) is 6.52. The number of halogens is 3. The molecule has 0 unspecified atom stereocenters. The first kappa shape index (κ1) is 14.8. The number of alkyl halides is 3. The summed E-state index contributed by atoms with van der Waals surface area (Å²) in [5.74, 6) is -0.381. The molecule has 2 aromatic heterocycles. The summed E-state index contributed by atoms with van der Waals surface area (Å²) in [6.45, 7) is 0. The Labute approximate surface area is 128 Å². The molecule has 2 aromatic rings. The van der Waals surface area contributed by atoms with Gasteiger partial charge in [-0.15, -0.1) is 0 Å². The lowest BCUT2D eigenvalue weighted by Gasteiger charge is -2.12. The van der Waals surface area contributed by atoms with Gasteiger partial charge in [-0.3, -0.25) is 4.79 Å². The number of carbonyl (C=O) groups excluding carboxylic acids is 1. The minimum absolute atomic E-state index is 0.0657. The number of thiophene rings is 1. The van der Waals surface area contributed by atoms with Gasteiger partial charge in [-0.05, 0) is 34.9 Å². The minimum atomic E-state index is -4.68. The van der Waals surface area contributed by atoms with Gasteiger partial charge in [0.2, 0.25) is 0 Å². The predicted octanol–water partition coefficient (Wildman–Crippen LogP) is 3.03. The van der Waals surface area contributed by atoms with E-state index in [0.29, 0.717) is 0 Å². The normalized spacial score (nSPS) is 20.7. The van der Waals surface area contributed by atoms with Gasteiger partial charge < -0.3 is 11.1 Å². The molecular formula is C14H12F3N3OS. The highest BCUT2D eigenvalue weighted by Gasteiger charge is 2.41. The van der Waals surface area contributed by atoms with Crippen LogP contribution in [0.15, 0.2) is 29.1 Å². The maximum atomic E-state index is 12.7. The van der Waals surface area contributed by atoms with E-state index in [2.05, 4.69) is 10.3 Å². The smallest absolute Gasteiger partial charge is 0.396 e. The van der Waals surface area contributed by atoms with E-state index in [1.54, 1.807) is 11.3 Å². The second-order valence-electron chi connectivity index (χ2n) is 5.10. The van der Waals surface area contributed by atoms with Gasteiger partial charge in [0.25, 0.3) is 5.91 Å². The van der Waals surface area contributed by atoms with Crippen LogP contribution in [0.4, 0.5) is 18.9 Å². The molecule has 116 valence electrons. The average Bonchev–Trinajstić information content (AvgIpc) is 2.99. The van der Waals surface area contributed by atoms with Gasteiger partial charge in [0.05, 0.1) is 11.3 Å². The van der Waals surface area contributed by atoms with Gasteiger partial charge >= 0.3 is 6.18 Å². The number of amides is 1. The van der Waals surface area contributed by atoms with E-state index < -0.39 is 23.5 Å². The van der Waals surface area contributed by atoms with Crippen molar-refractivity contribution in [3.05, 3.63) is 45.9 Å². The summed E-state index contributed by atoms with van der Waals surface area (Å²) in [7, 11) is 0. The molecule has 3 N–H and O–H groups in total. The fraction of sp³-hybridized carbons (Fsp3) is 0.286. The molecule has 1 aliphatic rings. The maximum Gasteiger partial charge on any atom is 0.435 e. The summed E-state index contributed by atoms with van der Waals surface area (Å²) in [6.07, 6.45) is -2.96. The van der Waals surface area contributed by atoms with Crippen LogP contribution in [0.5, 0.6) is 0 Å². The first-order chi connectivity index (χ1) is 10.4. The standard InChI is InChI=1S/C14H12F3N3OS/c15-14(16,17)12-11(18)8(1-3-19-12)13(21)20-10-5-9(10)7-2-4-22-6-7/h1-4,6,9-10H,5,18H2,(H,20,21)/t9-,10+/m0/s1. The number of anilines is 1. The Morgan fingerprint density at radius 2 is 2.18 bits per heavy atom.